The summed E-state index contributed by atoms with van der Waals surface area (Å²) in [4.78, 5) is 13.3. The number of hydrogen-bond donors (Lipinski definition) is 1. The third-order valence-electron chi connectivity index (χ3n) is 1.48. The van der Waals surface area contributed by atoms with Gasteiger partial charge in [-0.3, -0.25) is 4.79 Å². The summed E-state index contributed by atoms with van der Waals surface area (Å²) >= 11 is 5.34. The maximum atomic E-state index is 11.0. The minimum absolute atomic E-state index is 0.341. The maximum absolute atomic E-state index is 11.0. The number of hydrogen-bond acceptors (Lipinski definition) is 3. The van der Waals surface area contributed by atoms with E-state index in [1.54, 1.807) is 0 Å². The fourth-order valence-corrected chi connectivity index (χ4v) is 0.948. The van der Waals surface area contributed by atoms with E-state index in [9.17, 15) is 4.79 Å². The first-order valence-electron chi connectivity index (χ1n) is 3.70. The van der Waals surface area contributed by atoms with Gasteiger partial charge in [-0.05, 0) is 31.5 Å². The highest BCUT2D eigenvalue weighted by molar-refractivity contribution is 6.14. The van der Waals surface area contributed by atoms with Crippen molar-refractivity contribution in [1.82, 2.24) is 4.84 Å². The zero-order chi connectivity index (χ0) is 9.56. The van der Waals surface area contributed by atoms with Crippen LogP contribution in [0, 0.1) is 0 Å². The number of carbonyl (C=O) groups excluding carboxylic acids is 1. The molecule has 0 aromatic rings. The summed E-state index contributed by atoms with van der Waals surface area (Å²) in [7, 11) is 1.34. The Morgan fingerprint density at radius 1 is 1.75 bits per heavy atom. The number of ether oxygens (including phenoxy) is 1. The van der Waals surface area contributed by atoms with E-state index in [4.69, 9.17) is 11.8 Å². The maximum Gasteiger partial charge on any atom is 0.324 e. The normalized spacial score (nSPS) is 12.2. The van der Waals surface area contributed by atoms with Crippen molar-refractivity contribution in [1.29, 1.82) is 0 Å². The molecule has 3 nitrogen and oxygen atoms in total. The van der Waals surface area contributed by atoms with Crippen molar-refractivity contribution in [2.24, 2.45) is 0 Å². The Morgan fingerprint density at radius 3 is 2.67 bits per heavy atom. The molecule has 1 atom stereocenters. The molecule has 0 aromatic carbocycles. The largest absolute Gasteiger partial charge is 0.468 e. The lowest BCUT2D eigenvalue weighted by Crippen LogP contribution is -2.31. The van der Waals surface area contributed by atoms with E-state index in [1.807, 2.05) is 6.92 Å². The molecule has 0 saturated carbocycles. The molecule has 1 N–H and O–H groups in total. The molecule has 4 heteroatoms. The van der Waals surface area contributed by atoms with Gasteiger partial charge in [0.2, 0.25) is 0 Å². The van der Waals surface area contributed by atoms with Crippen LogP contribution in [0.2, 0.25) is 0 Å². The number of halogens is 1. The fourth-order valence-electron chi connectivity index (χ4n) is 0.750. The smallest absolute Gasteiger partial charge is 0.324 e. The lowest BCUT2D eigenvalue weighted by Gasteiger charge is -2.11. The highest BCUT2D eigenvalue weighted by Crippen LogP contribution is 2.06. The van der Waals surface area contributed by atoms with Gasteiger partial charge in [-0.15, -0.1) is 6.58 Å². The first kappa shape index (κ1) is 11.5. The number of carbonyl (C=O) groups is 1. The quantitative estimate of drug-likeness (QED) is 0.408. The summed E-state index contributed by atoms with van der Waals surface area (Å²) in [6, 6.07) is -0.437. The molecule has 0 radical (unpaired) electrons. The fraction of sp³-hybridized carbons (Fsp3) is 0.625. The summed E-state index contributed by atoms with van der Waals surface area (Å²) < 4.78 is 4.52. The second-order valence-electron chi connectivity index (χ2n) is 2.68. The Hall–Kier alpha value is -0.540. The van der Waals surface area contributed by atoms with Crippen LogP contribution in [-0.2, 0) is 9.53 Å². The van der Waals surface area contributed by atoms with Crippen molar-refractivity contribution >= 4 is 17.7 Å². The zero-order valence-electron chi connectivity index (χ0n) is 7.39. The van der Waals surface area contributed by atoms with E-state index in [2.05, 4.69) is 16.2 Å². The minimum atomic E-state index is -0.437. The molecule has 0 spiro atoms. The van der Waals surface area contributed by atoms with Crippen LogP contribution in [0.15, 0.2) is 12.2 Å². The summed E-state index contributed by atoms with van der Waals surface area (Å²) in [5.41, 5.74) is 1.02. The van der Waals surface area contributed by atoms with Gasteiger partial charge in [0.15, 0.2) is 0 Å². The van der Waals surface area contributed by atoms with Crippen LogP contribution in [0.3, 0.4) is 0 Å². The summed E-state index contributed by atoms with van der Waals surface area (Å²) in [5.74, 6) is -0.341. The average molecular weight is 192 g/mol. The van der Waals surface area contributed by atoms with Crippen LogP contribution in [0.1, 0.15) is 19.8 Å². The van der Waals surface area contributed by atoms with Gasteiger partial charge >= 0.3 is 5.97 Å². The first-order chi connectivity index (χ1) is 5.61. The van der Waals surface area contributed by atoms with Crippen LogP contribution < -0.4 is 4.84 Å². The van der Waals surface area contributed by atoms with E-state index in [1.165, 1.54) is 7.11 Å². The standard InChI is InChI=1S/C8H14ClNO2/c1-6(2)4-5-7(10-9)8(11)12-3/h7,10H,1,4-5H2,2-3H3/t7-/m1/s1. The Morgan fingerprint density at radius 2 is 2.33 bits per heavy atom. The van der Waals surface area contributed by atoms with Gasteiger partial charge < -0.3 is 4.74 Å². The predicted molar refractivity (Wildman–Crippen MR) is 48.8 cm³/mol. The molecular formula is C8H14ClNO2. The van der Waals surface area contributed by atoms with Gasteiger partial charge in [0.05, 0.1) is 7.11 Å². The molecule has 0 aromatic heterocycles. The van der Waals surface area contributed by atoms with Crippen molar-refractivity contribution < 1.29 is 9.53 Å². The number of allylic oxidation sites excluding steroid dienone is 1. The van der Waals surface area contributed by atoms with Crippen molar-refractivity contribution in [3.63, 3.8) is 0 Å². The molecule has 0 aliphatic carbocycles. The SMILES string of the molecule is C=C(C)CC[C@@H](NCl)C(=O)OC. The monoisotopic (exact) mass is 191 g/mol. The summed E-state index contributed by atoms with van der Waals surface area (Å²) in [6.07, 6.45) is 1.38. The molecule has 12 heavy (non-hydrogen) atoms. The Kier molecular flexibility index (Phi) is 5.76. The van der Waals surface area contributed by atoms with E-state index < -0.39 is 6.04 Å². The van der Waals surface area contributed by atoms with Gasteiger partial charge in [0, 0.05) is 0 Å². The van der Waals surface area contributed by atoms with E-state index in [0.29, 0.717) is 6.42 Å². The van der Waals surface area contributed by atoms with Crippen LogP contribution in [0.5, 0.6) is 0 Å². The van der Waals surface area contributed by atoms with E-state index in [0.717, 1.165) is 12.0 Å². The van der Waals surface area contributed by atoms with Crippen LogP contribution >= 0.6 is 11.8 Å². The molecule has 0 unspecified atom stereocenters. The molecule has 0 aliphatic heterocycles. The van der Waals surface area contributed by atoms with Gasteiger partial charge in [-0.1, -0.05) is 5.57 Å². The molecule has 0 rings (SSSR count). The van der Waals surface area contributed by atoms with Crippen molar-refractivity contribution in [3.05, 3.63) is 12.2 Å². The predicted octanol–water partition coefficient (Wildman–Crippen LogP) is 1.63. The Labute approximate surface area is 77.8 Å². The third-order valence-corrected chi connectivity index (χ3v) is 1.74. The average Bonchev–Trinajstić information content (AvgIpc) is 2.04. The highest BCUT2D eigenvalue weighted by atomic mass is 35.5. The van der Waals surface area contributed by atoms with Crippen molar-refractivity contribution in [2.75, 3.05) is 7.11 Å². The van der Waals surface area contributed by atoms with Gasteiger partial charge in [-0.25, -0.2) is 4.84 Å². The minimum Gasteiger partial charge on any atom is -0.468 e. The number of rotatable bonds is 5. The van der Waals surface area contributed by atoms with Crippen LogP contribution in [0.4, 0.5) is 0 Å². The molecule has 70 valence electrons. The second kappa shape index (κ2) is 6.03. The number of methoxy groups -OCH3 is 1. The number of esters is 1. The first-order valence-corrected chi connectivity index (χ1v) is 4.08. The van der Waals surface area contributed by atoms with Gasteiger partial charge in [0.25, 0.3) is 0 Å². The zero-order valence-corrected chi connectivity index (χ0v) is 8.15. The molecular weight excluding hydrogens is 178 g/mol. The molecule has 0 aliphatic rings. The lowest BCUT2D eigenvalue weighted by atomic mass is 10.1. The summed E-state index contributed by atoms with van der Waals surface area (Å²) in [6.45, 7) is 5.63. The van der Waals surface area contributed by atoms with Gasteiger partial charge in [-0.2, -0.15) is 0 Å². The van der Waals surface area contributed by atoms with Gasteiger partial charge in [0.1, 0.15) is 6.04 Å². The Balaban J connectivity index is 3.83. The summed E-state index contributed by atoms with van der Waals surface area (Å²) in [5, 5.41) is 0. The van der Waals surface area contributed by atoms with Crippen molar-refractivity contribution in [2.45, 2.75) is 25.8 Å². The third kappa shape index (κ3) is 4.36. The molecule has 0 heterocycles. The van der Waals surface area contributed by atoms with Crippen molar-refractivity contribution in [3.8, 4) is 0 Å². The highest BCUT2D eigenvalue weighted by Gasteiger charge is 2.16. The van der Waals surface area contributed by atoms with E-state index >= 15 is 0 Å². The molecule has 0 amide bonds. The second-order valence-corrected chi connectivity index (χ2v) is 2.90. The topological polar surface area (TPSA) is 38.3 Å². The number of nitrogens with one attached hydrogen (secondary N) is 1. The Bertz CT molecular complexity index is 170. The molecule has 0 saturated heterocycles. The van der Waals surface area contributed by atoms with E-state index in [-0.39, 0.29) is 5.97 Å². The molecule has 0 fully saturated rings. The van der Waals surface area contributed by atoms with Crippen LogP contribution in [0.25, 0.3) is 0 Å². The van der Waals surface area contributed by atoms with Crippen LogP contribution in [-0.4, -0.2) is 19.1 Å². The lowest BCUT2D eigenvalue weighted by molar-refractivity contribution is -0.142. The molecule has 0 bridgehead atoms.